The topological polar surface area (TPSA) is 110 Å². The molecule has 1 saturated heterocycles. The fraction of sp³-hybridized carbons (Fsp3) is 0.583. The Morgan fingerprint density at radius 3 is 2.69 bits per heavy atom. The van der Waals surface area contributed by atoms with Crippen LogP contribution in [0.4, 0.5) is 18.0 Å². The second kappa shape index (κ2) is 11.3. The Kier molecular flexibility index (Phi) is 8.59. The lowest BCUT2D eigenvalue weighted by atomic mass is 10.1. The molecule has 1 amide bonds. The normalized spacial score (nSPS) is 16.9. The Labute approximate surface area is 207 Å². The molecular weight excluding hydrogens is 481 g/mol. The van der Waals surface area contributed by atoms with Crippen molar-refractivity contribution in [3.63, 3.8) is 0 Å². The number of alkyl halides is 3. The van der Waals surface area contributed by atoms with E-state index < -0.39 is 23.4 Å². The summed E-state index contributed by atoms with van der Waals surface area (Å²) < 4.78 is 57.0. The van der Waals surface area contributed by atoms with E-state index in [1.165, 1.54) is 12.1 Å². The smallest absolute Gasteiger partial charge is 0.435 e. The van der Waals surface area contributed by atoms with Crippen molar-refractivity contribution in [1.29, 1.82) is 0 Å². The first-order valence-electron chi connectivity index (χ1n) is 11.7. The van der Waals surface area contributed by atoms with Gasteiger partial charge in [0.25, 0.3) is 0 Å². The van der Waals surface area contributed by atoms with E-state index in [1.54, 1.807) is 27.7 Å². The van der Waals surface area contributed by atoms with Crippen LogP contribution in [-0.2, 0) is 10.9 Å². The number of ether oxygens (including phenoxy) is 2. The number of aliphatic imine (C=N–C) groups is 1. The molecule has 0 radical (unpaired) electrons. The monoisotopic (exact) mass is 512 g/mol. The highest BCUT2D eigenvalue weighted by Crippen LogP contribution is 2.39. The van der Waals surface area contributed by atoms with Gasteiger partial charge in [0.1, 0.15) is 23.2 Å². The molecule has 1 fully saturated rings. The van der Waals surface area contributed by atoms with Crippen LogP contribution < -0.4 is 4.74 Å². The zero-order chi connectivity index (χ0) is 26.5. The van der Waals surface area contributed by atoms with Crippen molar-refractivity contribution >= 4 is 11.9 Å². The molecule has 1 aliphatic rings. The number of rotatable bonds is 7. The number of hydrogen-bond acceptors (Lipinski definition) is 7. The van der Waals surface area contributed by atoms with Crippen LogP contribution in [-0.4, -0.2) is 57.4 Å². The molecule has 2 heterocycles. The third-order valence-electron chi connectivity index (χ3n) is 5.40. The number of unbranched alkanes of at least 4 members (excludes halogenated alkanes) is 1. The first-order valence-corrected chi connectivity index (χ1v) is 11.7. The van der Waals surface area contributed by atoms with Crippen molar-refractivity contribution in [3.05, 3.63) is 29.7 Å². The maximum Gasteiger partial charge on any atom is 0.435 e. The summed E-state index contributed by atoms with van der Waals surface area (Å²) in [5, 5.41) is 12.7. The van der Waals surface area contributed by atoms with Crippen molar-refractivity contribution in [3.8, 4) is 17.1 Å². The number of carbonyl (C=O) groups is 1. The Balaban J connectivity index is 1.80. The maximum atomic E-state index is 13.7. The highest BCUT2D eigenvalue weighted by Gasteiger charge is 2.36. The number of halogens is 3. The SMILES string of the molecule is CC(=NC(=O)OC(C)(C)C)N1CCC[C@H]1c1nc(-c2ccc(OCCCCO)c(C(F)(F)F)c2)no1. The number of likely N-dealkylation sites (tertiary alicyclic amines) is 1. The van der Waals surface area contributed by atoms with E-state index in [4.69, 9.17) is 19.1 Å². The third kappa shape index (κ3) is 7.19. The number of aliphatic hydroxyl groups excluding tert-OH is 1. The van der Waals surface area contributed by atoms with Crippen molar-refractivity contribution < 1.29 is 37.1 Å². The van der Waals surface area contributed by atoms with Crippen molar-refractivity contribution in [2.75, 3.05) is 19.8 Å². The van der Waals surface area contributed by atoms with Gasteiger partial charge in [0.2, 0.25) is 11.7 Å². The van der Waals surface area contributed by atoms with Gasteiger partial charge in [-0.15, -0.1) is 0 Å². The zero-order valence-electron chi connectivity index (χ0n) is 20.8. The quantitative estimate of drug-likeness (QED) is 0.298. The molecule has 1 atom stereocenters. The van der Waals surface area contributed by atoms with Gasteiger partial charge in [0.05, 0.1) is 12.2 Å². The zero-order valence-corrected chi connectivity index (χ0v) is 20.8. The summed E-state index contributed by atoms with van der Waals surface area (Å²) in [6.07, 6.45) is -3.06. The van der Waals surface area contributed by atoms with Gasteiger partial charge in [-0.3, -0.25) is 0 Å². The van der Waals surface area contributed by atoms with Crippen LogP contribution in [0.15, 0.2) is 27.7 Å². The molecular formula is C24H31F3N4O5. The van der Waals surface area contributed by atoms with Crippen LogP contribution in [0.3, 0.4) is 0 Å². The average molecular weight is 513 g/mol. The number of amidine groups is 1. The van der Waals surface area contributed by atoms with E-state index in [0.717, 1.165) is 12.5 Å². The molecule has 198 valence electrons. The summed E-state index contributed by atoms with van der Waals surface area (Å²) in [6.45, 7) is 7.50. The van der Waals surface area contributed by atoms with Crippen molar-refractivity contribution in [2.24, 2.45) is 4.99 Å². The predicted molar refractivity (Wildman–Crippen MR) is 125 cm³/mol. The molecule has 0 saturated carbocycles. The molecule has 2 aromatic rings. The van der Waals surface area contributed by atoms with Gasteiger partial charge < -0.3 is 24.0 Å². The lowest BCUT2D eigenvalue weighted by Crippen LogP contribution is -2.30. The standard InChI is InChI=1S/C24H31F3N4O5/c1-15(28-22(33)35-23(2,3)4)31-11-7-8-18(31)21-29-20(30-36-21)16-9-10-19(34-13-6-5-12-32)17(14-16)24(25,26)27/h9-10,14,18,32H,5-8,11-13H2,1-4H3/t18-/m0/s1. The van der Waals surface area contributed by atoms with Gasteiger partial charge in [-0.05, 0) is 71.6 Å². The Hall–Kier alpha value is -3.15. The first-order chi connectivity index (χ1) is 16.9. The number of hydrogen-bond donors (Lipinski definition) is 1. The molecule has 1 aromatic heterocycles. The number of benzene rings is 1. The largest absolute Gasteiger partial charge is 0.493 e. The van der Waals surface area contributed by atoms with E-state index >= 15 is 0 Å². The highest BCUT2D eigenvalue weighted by atomic mass is 19.4. The Morgan fingerprint density at radius 1 is 1.28 bits per heavy atom. The van der Waals surface area contributed by atoms with Crippen LogP contribution in [0, 0.1) is 0 Å². The molecule has 1 N–H and O–H groups in total. The Bertz CT molecular complexity index is 1080. The summed E-state index contributed by atoms with van der Waals surface area (Å²) in [7, 11) is 0. The number of amides is 1. The predicted octanol–water partition coefficient (Wildman–Crippen LogP) is 5.40. The van der Waals surface area contributed by atoms with Gasteiger partial charge in [0, 0.05) is 18.7 Å². The van der Waals surface area contributed by atoms with Crippen LogP contribution >= 0.6 is 0 Å². The van der Waals surface area contributed by atoms with Crippen LogP contribution in [0.2, 0.25) is 0 Å². The maximum absolute atomic E-state index is 13.7. The fourth-order valence-electron chi connectivity index (χ4n) is 3.79. The molecule has 0 bridgehead atoms. The molecule has 36 heavy (non-hydrogen) atoms. The number of aromatic nitrogens is 2. The summed E-state index contributed by atoms with van der Waals surface area (Å²) in [4.78, 5) is 22.3. The summed E-state index contributed by atoms with van der Waals surface area (Å²) in [6, 6.07) is 3.23. The summed E-state index contributed by atoms with van der Waals surface area (Å²) in [5.74, 6) is 0.354. The van der Waals surface area contributed by atoms with Crippen molar-refractivity contribution in [1.82, 2.24) is 15.0 Å². The van der Waals surface area contributed by atoms with Crippen LogP contribution in [0.1, 0.15) is 70.9 Å². The van der Waals surface area contributed by atoms with Gasteiger partial charge in [-0.25, -0.2) is 4.79 Å². The van der Waals surface area contributed by atoms with E-state index in [2.05, 4.69) is 15.1 Å². The summed E-state index contributed by atoms with van der Waals surface area (Å²) >= 11 is 0. The van der Waals surface area contributed by atoms with Crippen molar-refractivity contribution in [2.45, 2.75) is 71.2 Å². The first kappa shape index (κ1) is 27.4. The molecule has 9 nitrogen and oxygen atoms in total. The number of carbonyl (C=O) groups excluding carboxylic acids is 1. The third-order valence-corrected chi connectivity index (χ3v) is 5.40. The van der Waals surface area contributed by atoms with E-state index in [1.807, 2.05) is 4.90 Å². The van der Waals surface area contributed by atoms with E-state index in [-0.39, 0.29) is 42.3 Å². The van der Waals surface area contributed by atoms with E-state index in [9.17, 15) is 18.0 Å². The Morgan fingerprint density at radius 2 is 2.03 bits per heavy atom. The second-order valence-electron chi connectivity index (χ2n) is 9.43. The number of aliphatic hydroxyl groups is 1. The van der Waals surface area contributed by atoms with Gasteiger partial charge in [-0.2, -0.15) is 23.1 Å². The lowest BCUT2D eigenvalue weighted by molar-refractivity contribution is -0.138. The van der Waals surface area contributed by atoms with E-state index in [0.29, 0.717) is 31.6 Å². The molecule has 12 heteroatoms. The molecule has 0 unspecified atom stereocenters. The van der Waals surface area contributed by atoms with Gasteiger partial charge in [-0.1, -0.05) is 5.16 Å². The van der Waals surface area contributed by atoms with Gasteiger partial charge in [0.15, 0.2) is 0 Å². The fourth-order valence-corrected chi connectivity index (χ4v) is 3.79. The molecule has 3 rings (SSSR count). The molecule has 0 aliphatic carbocycles. The molecule has 1 aliphatic heterocycles. The average Bonchev–Trinajstić information content (AvgIpc) is 3.44. The molecule has 0 spiro atoms. The minimum Gasteiger partial charge on any atom is -0.493 e. The molecule has 1 aromatic carbocycles. The highest BCUT2D eigenvalue weighted by molar-refractivity contribution is 5.90. The lowest BCUT2D eigenvalue weighted by Gasteiger charge is -2.24. The van der Waals surface area contributed by atoms with Crippen LogP contribution in [0.25, 0.3) is 11.4 Å². The minimum atomic E-state index is -4.65. The minimum absolute atomic E-state index is 0.0101. The summed E-state index contributed by atoms with van der Waals surface area (Å²) in [5.41, 5.74) is -1.50. The van der Waals surface area contributed by atoms with Gasteiger partial charge >= 0.3 is 12.3 Å². The van der Waals surface area contributed by atoms with Crippen LogP contribution in [0.5, 0.6) is 5.75 Å². The second-order valence-corrected chi connectivity index (χ2v) is 9.43. The number of nitrogens with zero attached hydrogens (tertiary/aromatic N) is 4.